The number of ether oxygens (including phenoxy) is 1. The first-order valence-corrected chi connectivity index (χ1v) is 11.4. The molecule has 0 bridgehead atoms. The molecule has 0 radical (unpaired) electrons. The quantitative estimate of drug-likeness (QED) is 0.593. The van der Waals surface area contributed by atoms with E-state index < -0.39 is 0 Å². The molecule has 3 heterocycles. The maximum Gasteiger partial charge on any atom is 0.218 e. The van der Waals surface area contributed by atoms with Crippen molar-refractivity contribution in [1.82, 2.24) is 4.57 Å². The molecule has 1 fully saturated rings. The van der Waals surface area contributed by atoms with Crippen molar-refractivity contribution in [2.24, 2.45) is 0 Å². The number of benzene rings is 1. The Morgan fingerprint density at radius 3 is 2.50 bits per heavy atom. The summed E-state index contributed by atoms with van der Waals surface area (Å²) in [5, 5.41) is 2.10. The molecule has 0 atom stereocenters. The minimum absolute atomic E-state index is 0.258. The third-order valence-corrected chi connectivity index (χ3v) is 6.95. The van der Waals surface area contributed by atoms with Crippen molar-refractivity contribution >= 4 is 22.8 Å². The predicted molar refractivity (Wildman–Crippen MR) is 122 cm³/mol. The smallest absolute Gasteiger partial charge is 0.218 e. The van der Waals surface area contributed by atoms with Crippen LogP contribution in [0, 0.1) is 13.8 Å². The van der Waals surface area contributed by atoms with Gasteiger partial charge >= 0.3 is 0 Å². The number of aryl methyl sites for hydroxylation is 1. The first-order valence-electron chi connectivity index (χ1n) is 10.5. The first-order chi connectivity index (χ1) is 14.5. The van der Waals surface area contributed by atoms with Crippen molar-refractivity contribution in [1.29, 1.82) is 0 Å². The molecule has 4 rings (SSSR count). The molecule has 1 aliphatic rings. The Morgan fingerprint density at radius 1 is 1.13 bits per heavy atom. The van der Waals surface area contributed by atoms with E-state index in [9.17, 15) is 4.79 Å². The van der Waals surface area contributed by atoms with E-state index in [4.69, 9.17) is 4.74 Å². The monoisotopic (exact) mass is 424 g/mol. The second-order valence-corrected chi connectivity index (χ2v) is 9.02. The summed E-state index contributed by atoms with van der Waals surface area (Å²) in [6.07, 6.45) is 0. The third kappa shape index (κ3) is 4.45. The molecular formula is C24H30N3O2S+. The fourth-order valence-electron chi connectivity index (χ4n) is 4.26. The fraction of sp³-hybridized carbons (Fsp3) is 0.375. The highest BCUT2D eigenvalue weighted by Gasteiger charge is 2.25. The summed E-state index contributed by atoms with van der Waals surface area (Å²) in [5.41, 5.74) is 4.35. The van der Waals surface area contributed by atoms with Crippen LogP contribution in [0.2, 0.25) is 0 Å². The predicted octanol–water partition coefficient (Wildman–Crippen LogP) is 2.81. The van der Waals surface area contributed by atoms with Crippen LogP contribution in [-0.2, 0) is 6.54 Å². The van der Waals surface area contributed by atoms with Gasteiger partial charge in [-0.25, -0.2) is 0 Å². The summed E-state index contributed by atoms with van der Waals surface area (Å²) < 4.78 is 7.51. The Morgan fingerprint density at radius 2 is 1.87 bits per heavy atom. The second-order valence-electron chi connectivity index (χ2n) is 7.99. The van der Waals surface area contributed by atoms with Crippen LogP contribution in [0.5, 0.6) is 5.75 Å². The van der Waals surface area contributed by atoms with Gasteiger partial charge in [0.2, 0.25) is 5.78 Å². The largest absolute Gasteiger partial charge is 0.497 e. The number of carbonyl (C=O) groups is 1. The summed E-state index contributed by atoms with van der Waals surface area (Å²) in [5.74, 6) is 1.14. The normalized spacial score (nSPS) is 14.8. The molecule has 0 aliphatic carbocycles. The highest BCUT2D eigenvalue weighted by Crippen LogP contribution is 2.20. The van der Waals surface area contributed by atoms with E-state index in [0.717, 1.165) is 55.4 Å². The molecule has 0 unspecified atom stereocenters. The Labute approximate surface area is 182 Å². The van der Waals surface area contributed by atoms with Gasteiger partial charge in [-0.3, -0.25) is 4.79 Å². The number of ketones is 1. The Bertz CT molecular complexity index is 984. The maximum absolute atomic E-state index is 13.1. The van der Waals surface area contributed by atoms with Crippen LogP contribution in [0.4, 0.5) is 5.69 Å². The van der Waals surface area contributed by atoms with Gasteiger partial charge in [0.25, 0.3) is 0 Å². The molecule has 6 heteroatoms. The van der Waals surface area contributed by atoms with E-state index in [2.05, 4.69) is 59.0 Å². The van der Waals surface area contributed by atoms with Gasteiger partial charge in [0.05, 0.1) is 39.8 Å². The zero-order valence-electron chi connectivity index (χ0n) is 18.0. The fourth-order valence-corrected chi connectivity index (χ4v) is 4.95. The molecule has 3 aromatic rings. The number of hydrogen-bond acceptors (Lipinski definition) is 4. The van der Waals surface area contributed by atoms with Crippen LogP contribution in [0.3, 0.4) is 0 Å². The number of Topliss-reactive ketones (excluding diaryl/α,β-unsaturated/α-hetero) is 1. The summed E-state index contributed by atoms with van der Waals surface area (Å²) in [6, 6.07) is 14.5. The average Bonchev–Trinajstić information content (AvgIpc) is 3.38. The number of rotatable bonds is 7. The van der Waals surface area contributed by atoms with E-state index in [0.29, 0.717) is 6.54 Å². The van der Waals surface area contributed by atoms with E-state index >= 15 is 0 Å². The number of quaternary nitrogens is 1. The van der Waals surface area contributed by atoms with Crippen molar-refractivity contribution in [2.45, 2.75) is 20.4 Å². The number of thiophene rings is 1. The lowest BCUT2D eigenvalue weighted by Gasteiger charge is -2.33. The zero-order chi connectivity index (χ0) is 21.1. The number of methoxy groups -OCH3 is 1. The van der Waals surface area contributed by atoms with Crippen molar-refractivity contribution < 1.29 is 14.4 Å². The standard InChI is InChI=1S/C24H29N3O2S/c1-18-15-23(19(2)27(18)16-22-5-4-14-30-22)24(28)17-25-10-12-26(13-11-25)20-6-8-21(29-3)9-7-20/h4-9,14-15H,10-13,16-17H2,1-3H3/p+1. The van der Waals surface area contributed by atoms with Gasteiger partial charge in [-0.1, -0.05) is 6.07 Å². The molecule has 1 N–H and O–H groups in total. The van der Waals surface area contributed by atoms with E-state index in [-0.39, 0.29) is 5.78 Å². The summed E-state index contributed by atoms with van der Waals surface area (Å²) >= 11 is 1.76. The molecule has 1 saturated heterocycles. The number of anilines is 1. The van der Waals surface area contributed by atoms with Crippen molar-refractivity contribution in [2.75, 3.05) is 44.7 Å². The zero-order valence-corrected chi connectivity index (χ0v) is 18.8. The van der Waals surface area contributed by atoms with Crippen LogP contribution in [0.25, 0.3) is 0 Å². The van der Waals surface area contributed by atoms with Crippen molar-refractivity contribution in [3.8, 4) is 5.75 Å². The van der Waals surface area contributed by atoms with Crippen LogP contribution in [-0.4, -0.2) is 50.2 Å². The minimum Gasteiger partial charge on any atom is -0.497 e. The second kappa shape index (κ2) is 9.06. The molecule has 1 aromatic carbocycles. The van der Waals surface area contributed by atoms with Gasteiger partial charge in [0.15, 0.2) is 0 Å². The van der Waals surface area contributed by atoms with E-state index in [1.807, 2.05) is 12.1 Å². The maximum atomic E-state index is 13.1. The van der Waals surface area contributed by atoms with Crippen LogP contribution in [0.15, 0.2) is 47.8 Å². The molecular weight excluding hydrogens is 394 g/mol. The third-order valence-electron chi connectivity index (χ3n) is 6.09. The van der Waals surface area contributed by atoms with Gasteiger partial charge < -0.3 is 19.1 Å². The van der Waals surface area contributed by atoms with Crippen LogP contribution >= 0.6 is 11.3 Å². The lowest BCUT2D eigenvalue weighted by molar-refractivity contribution is -0.892. The highest BCUT2D eigenvalue weighted by molar-refractivity contribution is 7.09. The molecule has 2 aromatic heterocycles. The number of hydrogen-bond donors (Lipinski definition) is 1. The number of carbonyl (C=O) groups excluding carboxylic acids is 1. The van der Waals surface area contributed by atoms with Crippen LogP contribution < -0.4 is 14.5 Å². The SMILES string of the molecule is COc1ccc(N2CC[NH+](CC(=O)c3cc(C)n(Cc4cccs4)c3C)CC2)cc1. The van der Waals surface area contributed by atoms with Crippen LogP contribution in [0.1, 0.15) is 26.6 Å². The molecule has 5 nitrogen and oxygen atoms in total. The molecule has 158 valence electrons. The Hall–Kier alpha value is -2.57. The Balaban J connectivity index is 1.35. The summed E-state index contributed by atoms with van der Waals surface area (Å²) in [4.78, 5) is 18.1. The topological polar surface area (TPSA) is 38.9 Å². The van der Waals surface area contributed by atoms with Gasteiger partial charge in [-0.15, -0.1) is 11.3 Å². The summed E-state index contributed by atoms with van der Waals surface area (Å²) in [7, 11) is 1.69. The van der Waals surface area contributed by atoms with E-state index in [1.165, 1.54) is 15.5 Å². The van der Waals surface area contributed by atoms with Crippen molar-refractivity contribution in [3.63, 3.8) is 0 Å². The van der Waals surface area contributed by atoms with Gasteiger partial charge in [0, 0.05) is 27.5 Å². The minimum atomic E-state index is 0.258. The molecule has 0 spiro atoms. The number of aromatic nitrogens is 1. The van der Waals surface area contributed by atoms with Gasteiger partial charge in [-0.05, 0) is 55.6 Å². The molecule has 0 amide bonds. The van der Waals surface area contributed by atoms with E-state index in [1.54, 1.807) is 18.4 Å². The molecule has 1 aliphatic heterocycles. The molecule has 30 heavy (non-hydrogen) atoms. The van der Waals surface area contributed by atoms with Gasteiger partial charge in [0.1, 0.15) is 12.3 Å². The summed E-state index contributed by atoms with van der Waals surface area (Å²) in [6.45, 7) is 9.47. The van der Waals surface area contributed by atoms with Gasteiger partial charge in [-0.2, -0.15) is 0 Å². The lowest BCUT2D eigenvalue weighted by atomic mass is 10.1. The lowest BCUT2D eigenvalue weighted by Crippen LogP contribution is -3.15. The molecule has 0 saturated carbocycles. The Kier molecular flexibility index (Phi) is 6.25. The first kappa shape index (κ1) is 20.7. The highest BCUT2D eigenvalue weighted by atomic mass is 32.1. The number of piperazine rings is 1. The number of nitrogens with one attached hydrogen (secondary N) is 1. The van der Waals surface area contributed by atoms with Crippen molar-refractivity contribution in [3.05, 3.63) is 69.7 Å². The number of nitrogens with zero attached hydrogens (tertiary/aromatic N) is 2. The average molecular weight is 425 g/mol.